The normalized spacial score (nSPS) is 21.5. The average Bonchev–Trinajstić information content (AvgIpc) is 3.40. The third-order valence-corrected chi connectivity index (χ3v) is 7.04. The zero-order valence-electron chi connectivity index (χ0n) is 18.0. The number of aromatic nitrogens is 2. The van der Waals surface area contributed by atoms with E-state index in [1.165, 1.54) is 4.90 Å². The van der Waals surface area contributed by atoms with E-state index in [0.717, 1.165) is 54.2 Å². The van der Waals surface area contributed by atoms with Crippen molar-refractivity contribution in [1.82, 2.24) is 19.8 Å². The third-order valence-electron chi connectivity index (χ3n) is 6.41. The number of hydrogen-bond acceptors (Lipinski definition) is 4. The van der Waals surface area contributed by atoms with Crippen LogP contribution in [0.25, 0.3) is 16.7 Å². The predicted molar refractivity (Wildman–Crippen MR) is 128 cm³/mol. The molecule has 0 bridgehead atoms. The molecule has 1 aromatic heterocycles. The van der Waals surface area contributed by atoms with Gasteiger partial charge in [0.15, 0.2) is 5.96 Å². The van der Waals surface area contributed by atoms with E-state index in [1.54, 1.807) is 7.05 Å². The van der Waals surface area contributed by atoms with Crippen LogP contribution in [0.3, 0.4) is 0 Å². The molecule has 32 heavy (non-hydrogen) atoms. The van der Waals surface area contributed by atoms with Gasteiger partial charge in [-0.05, 0) is 49.6 Å². The molecule has 5 rings (SSSR count). The minimum absolute atomic E-state index is 0.0582. The largest absolute Gasteiger partial charge is 0.346 e. The number of amides is 1. The van der Waals surface area contributed by atoms with Crippen molar-refractivity contribution in [1.29, 1.82) is 5.41 Å². The van der Waals surface area contributed by atoms with Gasteiger partial charge in [-0.2, -0.15) is 0 Å². The lowest BCUT2D eigenvalue weighted by Gasteiger charge is -2.40. The molecule has 0 radical (unpaired) electrons. The number of halogens is 2. The summed E-state index contributed by atoms with van der Waals surface area (Å²) in [6.07, 6.45) is 2.44. The molecule has 166 valence electrons. The van der Waals surface area contributed by atoms with Gasteiger partial charge < -0.3 is 10.2 Å². The van der Waals surface area contributed by atoms with Gasteiger partial charge in [0.2, 0.25) is 11.9 Å². The smallest absolute Gasteiger partial charge is 0.231 e. The second-order valence-electron chi connectivity index (χ2n) is 8.65. The van der Waals surface area contributed by atoms with E-state index >= 15 is 0 Å². The van der Waals surface area contributed by atoms with Crippen molar-refractivity contribution in [2.75, 3.05) is 25.0 Å². The summed E-state index contributed by atoms with van der Waals surface area (Å²) in [7, 11) is 1.60. The van der Waals surface area contributed by atoms with E-state index in [-0.39, 0.29) is 18.3 Å². The van der Waals surface area contributed by atoms with Crippen molar-refractivity contribution in [3.63, 3.8) is 0 Å². The topological polar surface area (TPSA) is 77.2 Å². The first-order valence-electron chi connectivity index (χ1n) is 10.6. The highest BCUT2D eigenvalue weighted by Crippen LogP contribution is 2.39. The molecule has 7 nitrogen and oxygen atoms in total. The van der Waals surface area contributed by atoms with Crippen LogP contribution in [0.4, 0.5) is 5.95 Å². The maximum Gasteiger partial charge on any atom is 0.231 e. The van der Waals surface area contributed by atoms with Gasteiger partial charge in [0, 0.05) is 25.2 Å². The monoisotopic (exact) mass is 470 g/mol. The number of fused-ring (bicyclic) bond motifs is 1. The molecular formula is C23H24Cl2N6O. The number of benzene rings is 2. The highest BCUT2D eigenvalue weighted by atomic mass is 35.5. The number of rotatable bonds is 3. The van der Waals surface area contributed by atoms with E-state index < -0.39 is 5.54 Å². The van der Waals surface area contributed by atoms with Gasteiger partial charge in [0.1, 0.15) is 0 Å². The highest BCUT2D eigenvalue weighted by molar-refractivity contribution is 6.33. The van der Waals surface area contributed by atoms with Crippen molar-refractivity contribution in [2.24, 2.45) is 0 Å². The van der Waals surface area contributed by atoms with Crippen molar-refractivity contribution in [3.8, 4) is 5.69 Å². The zero-order chi connectivity index (χ0) is 22.6. The fourth-order valence-corrected chi connectivity index (χ4v) is 5.20. The Morgan fingerprint density at radius 3 is 2.62 bits per heavy atom. The summed E-state index contributed by atoms with van der Waals surface area (Å²) in [4.78, 5) is 21.0. The summed E-state index contributed by atoms with van der Waals surface area (Å²) >= 11 is 13.4. The predicted octanol–water partition coefficient (Wildman–Crippen LogP) is 4.53. The molecule has 0 saturated carbocycles. The second-order valence-corrected chi connectivity index (χ2v) is 9.46. The van der Waals surface area contributed by atoms with E-state index in [4.69, 9.17) is 33.6 Å². The highest BCUT2D eigenvalue weighted by Gasteiger charge is 2.39. The second kappa shape index (κ2) is 7.67. The van der Waals surface area contributed by atoms with E-state index in [9.17, 15) is 4.79 Å². The fraction of sp³-hybridized carbons (Fsp3) is 0.348. The number of nitrogens with one attached hydrogen (secondary N) is 2. The van der Waals surface area contributed by atoms with E-state index in [0.29, 0.717) is 10.0 Å². The van der Waals surface area contributed by atoms with Gasteiger partial charge in [0.05, 0.1) is 33.7 Å². The maximum atomic E-state index is 12.5. The standard InChI is InChI=1S/C23H24Cl2N6O/c1-23(13-19(32)29(2)21(26)28-23)15-6-5-7-17(20(15)25)31-18-12-14(24)8-9-16(18)27-22(31)30-10-3-4-11-30/h5-9,12H,3-4,10-11,13H2,1-2H3,(H2,26,28)/t23-/m0/s1. The molecule has 3 aromatic rings. The van der Waals surface area contributed by atoms with Crippen LogP contribution >= 0.6 is 23.2 Å². The Morgan fingerprint density at radius 1 is 1.16 bits per heavy atom. The van der Waals surface area contributed by atoms with Gasteiger partial charge in [-0.1, -0.05) is 35.3 Å². The molecule has 2 N–H and O–H groups in total. The van der Waals surface area contributed by atoms with Gasteiger partial charge in [0.25, 0.3) is 0 Å². The molecule has 0 unspecified atom stereocenters. The first-order chi connectivity index (χ1) is 15.3. The number of carbonyl (C=O) groups excluding carboxylic acids is 1. The molecule has 3 heterocycles. The molecule has 0 spiro atoms. The van der Waals surface area contributed by atoms with E-state index in [2.05, 4.69) is 14.8 Å². The summed E-state index contributed by atoms with van der Waals surface area (Å²) in [6, 6.07) is 11.5. The number of hydrogen-bond donors (Lipinski definition) is 2. The Bertz CT molecular complexity index is 1230. The van der Waals surface area contributed by atoms with Crippen LogP contribution in [-0.2, 0) is 10.3 Å². The number of anilines is 1. The molecule has 2 fully saturated rings. The van der Waals surface area contributed by atoms with Gasteiger partial charge >= 0.3 is 0 Å². The molecule has 9 heteroatoms. The number of guanidine groups is 1. The van der Waals surface area contributed by atoms with Crippen LogP contribution in [0.2, 0.25) is 10.0 Å². The lowest BCUT2D eigenvalue weighted by Crippen LogP contribution is -2.58. The first-order valence-corrected chi connectivity index (χ1v) is 11.4. The molecule has 2 aliphatic rings. The van der Waals surface area contributed by atoms with Crippen molar-refractivity contribution in [2.45, 2.75) is 31.7 Å². The van der Waals surface area contributed by atoms with E-state index in [1.807, 2.05) is 43.3 Å². The van der Waals surface area contributed by atoms with Crippen molar-refractivity contribution < 1.29 is 4.79 Å². The summed E-state index contributed by atoms with van der Waals surface area (Å²) < 4.78 is 2.06. The lowest BCUT2D eigenvalue weighted by atomic mass is 9.86. The minimum atomic E-state index is -0.796. The third kappa shape index (κ3) is 3.31. The Hall–Kier alpha value is -2.77. The van der Waals surface area contributed by atoms with Crippen LogP contribution in [0.5, 0.6) is 0 Å². The molecule has 0 aliphatic carbocycles. The van der Waals surface area contributed by atoms with Crippen LogP contribution in [0, 0.1) is 5.41 Å². The summed E-state index contributed by atoms with van der Waals surface area (Å²) in [5, 5.41) is 12.5. The molecule has 1 amide bonds. The molecule has 2 aromatic carbocycles. The van der Waals surface area contributed by atoms with Gasteiger partial charge in [-0.25, -0.2) is 4.98 Å². The first kappa shape index (κ1) is 21.1. The summed E-state index contributed by atoms with van der Waals surface area (Å²) in [5.41, 5.74) is 2.47. The lowest BCUT2D eigenvalue weighted by molar-refractivity contribution is -0.129. The Kier molecular flexibility index (Phi) is 5.06. The van der Waals surface area contributed by atoms with Crippen molar-refractivity contribution in [3.05, 3.63) is 52.0 Å². The number of nitrogens with zero attached hydrogens (tertiary/aromatic N) is 4. The van der Waals surface area contributed by atoms with Crippen LogP contribution in [0.15, 0.2) is 36.4 Å². The molecule has 2 saturated heterocycles. The van der Waals surface area contributed by atoms with Crippen molar-refractivity contribution >= 4 is 52.1 Å². The minimum Gasteiger partial charge on any atom is -0.346 e. The van der Waals surface area contributed by atoms with Gasteiger partial charge in [-0.3, -0.25) is 19.7 Å². The molecule has 1 atom stereocenters. The Labute approximate surface area is 196 Å². The zero-order valence-corrected chi connectivity index (χ0v) is 19.5. The maximum absolute atomic E-state index is 12.5. The van der Waals surface area contributed by atoms with Crippen LogP contribution < -0.4 is 10.2 Å². The molecule has 2 aliphatic heterocycles. The fourth-order valence-electron chi connectivity index (χ4n) is 4.62. The SMILES string of the molecule is CN1C(=N)N[C@](C)(c2cccc(-n3c(N4CCCC4)nc4ccc(Cl)cc43)c2Cl)CC1=O. The summed E-state index contributed by atoms with van der Waals surface area (Å²) in [6.45, 7) is 3.78. The van der Waals surface area contributed by atoms with Crippen LogP contribution in [0.1, 0.15) is 31.7 Å². The van der Waals surface area contributed by atoms with Gasteiger partial charge in [-0.15, -0.1) is 0 Å². The number of carbonyl (C=O) groups is 1. The Morgan fingerprint density at radius 2 is 1.91 bits per heavy atom. The molecular weight excluding hydrogens is 447 g/mol. The quantitative estimate of drug-likeness (QED) is 0.589. The Balaban J connectivity index is 1.70. The summed E-state index contributed by atoms with van der Waals surface area (Å²) in [5.74, 6) is 0.766. The number of imidazole rings is 1. The average molecular weight is 471 g/mol. The van der Waals surface area contributed by atoms with Crippen LogP contribution in [-0.4, -0.2) is 46.5 Å².